The van der Waals surface area contributed by atoms with Crippen molar-refractivity contribution in [3.05, 3.63) is 55.4 Å². The first-order valence-electron chi connectivity index (χ1n) is 4.85. The number of hydrogen-bond donors (Lipinski definition) is 0. The summed E-state index contributed by atoms with van der Waals surface area (Å²) in [4.78, 5) is 13.9. The topological polar surface area (TPSA) is 56.0 Å². The van der Waals surface area contributed by atoms with Crippen LogP contribution in [0.25, 0.3) is 11.3 Å². The molecule has 0 saturated heterocycles. The van der Waals surface area contributed by atoms with E-state index >= 15 is 0 Å². The highest BCUT2D eigenvalue weighted by atomic mass is 35.5. The zero-order valence-electron chi connectivity index (χ0n) is 9.03. The lowest BCUT2D eigenvalue weighted by molar-refractivity contribution is -0.384. The number of rotatable bonds is 2. The second-order valence-corrected chi connectivity index (χ2v) is 4.66. The van der Waals surface area contributed by atoms with Crippen molar-refractivity contribution in [1.82, 2.24) is 4.98 Å². The van der Waals surface area contributed by atoms with Gasteiger partial charge in [-0.2, -0.15) is 0 Å². The zero-order chi connectivity index (χ0) is 14.2. The summed E-state index contributed by atoms with van der Waals surface area (Å²) in [5.74, 6) is -0.813. The Balaban J connectivity index is 2.72. The molecule has 0 N–H and O–H groups in total. The van der Waals surface area contributed by atoms with Crippen LogP contribution in [0.5, 0.6) is 0 Å². The number of benzene rings is 1. The summed E-state index contributed by atoms with van der Waals surface area (Å²) in [5, 5.41) is 11.2. The minimum absolute atomic E-state index is 0.0244. The zero-order valence-corrected chi connectivity index (χ0v) is 11.3. The Hall–Kier alpha value is -1.43. The van der Waals surface area contributed by atoms with Gasteiger partial charge in [-0.25, -0.2) is 9.37 Å². The van der Waals surface area contributed by atoms with E-state index < -0.39 is 16.4 Å². The summed E-state index contributed by atoms with van der Waals surface area (Å²) in [6, 6.07) is 3.63. The molecule has 2 aromatic rings. The van der Waals surface area contributed by atoms with Gasteiger partial charge in [0.05, 0.1) is 32.3 Å². The van der Waals surface area contributed by atoms with Gasteiger partial charge >= 0.3 is 0 Å². The maximum Gasteiger partial charge on any atom is 0.298 e. The molecule has 8 heteroatoms. The summed E-state index contributed by atoms with van der Waals surface area (Å²) in [6.07, 6.45) is 0.862. The molecular weight excluding hydrogens is 317 g/mol. The highest BCUT2D eigenvalue weighted by Gasteiger charge is 2.22. The summed E-state index contributed by atoms with van der Waals surface area (Å²) < 4.78 is 13.0. The summed E-state index contributed by atoms with van der Waals surface area (Å²) in [6.45, 7) is 0. The van der Waals surface area contributed by atoms with E-state index in [-0.39, 0.29) is 26.3 Å². The Bertz CT molecular complexity index is 679. The largest absolute Gasteiger partial charge is 0.298 e. The van der Waals surface area contributed by atoms with Crippen LogP contribution >= 0.6 is 34.8 Å². The standard InChI is InChI=1S/C11H4Cl3FN2O2/c12-7-2-1-6(9(13)10(7)14)11-8(17(18)19)3-5(15)4-16-11/h1-4H. The normalized spacial score (nSPS) is 10.5. The third-order valence-electron chi connectivity index (χ3n) is 2.32. The molecule has 0 amide bonds. The van der Waals surface area contributed by atoms with E-state index in [1.54, 1.807) is 0 Å². The molecule has 0 saturated carbocycles. The Morgan fingerprint density at radius 1 is 1.21 bits per heavy atom. The number of aromatic nitrogens is 1. The lowest BCUT2D eigenvalue weighted by atomic mass is 10.1. The van der Waals surface area contributed by atoms with E-state index in [4.69, 9.17) is 34.8 Å². The lowest BCUT2D eigenvalue weighted by Gasteiger charge is -2.07. The Kier molecular flexibility index (Phi) is 3.89. The minimum atomic E-state index is -0.813. The van der Waals surface area contributed by atoms with Crippen molar-refractivity contribution in [3.63, 3.8) is 0 Å². The highest BCUT2D eigenvalue weighted by Crippen LogP contribution is 2.40. The van der Waals surface area contributed by atoms with Gasteiger partial charge < -0.3 is 0 Å². The molecule has 0 atom stereocenters. The maximum atomic E-state index is 13.0. The van der Waals surface area contributed by atoms with Crippen molar-refractivity contribution < 1.29 is 9.31 Å². The van der Waals surface area contributed by atoms with Crippen molar-refractivity contribution >= 4 is 40.5 Å². The van der Waals surface area contributed by atoms with Crippen LogP contribution < -0.4 is 0 Å². The highest BCUT2D eigenvalue weighted by molar-refractivity contribution is 6.49. The molecule has 0 unspecified atom stereocenters. The van der Waals surface area contributed by atoms with Crippen molar-refractivity contribution in [2.24, 2.45) is 0 Å². The van der Waals surface area contributed by atoms with Gasteiger partial charge in [-0.1, -0.05) is 34.8 Å². The molecule has 0 aliphatic heterocycles. The molecule has 0 bridgehead atoms. The minimum Gasteiger partial charge on any atom is -0.258 e. The summed E-state index contributed by atoms with van der Waals surface area (Å²) in [5.41, 5.74) is -0.363. The molecule has 0 radical (unpaired) electrons. The smallest absolute Gasteiger partial charge is 0.258 e. The van der Waals surface area contributed by atoms with Crippen LogP contribution in [0.4, 0.5) is 10.1 Å². The van der Waals surface area contributed by atoms with Crippen LogP contribution in [-0.4, -0.2) is 9.91 Å². The average Bonchev–Trinajstić information content (AvgIpc) is 2.37. The van der Waals surface area contributed by atoms with Gasteiger partial charge in [0.2, 0.25) is 0 Å². The van der Waals surface area contributed by atoms with Gasteiger partial charge in [-0.05, 0) is 12.1 Å². The first kappa shape index (κ1) is 14.0. The van der Waals surface area contributed by atoms with Gasteiger partial charge in [0.1, 0.15) is 11.5 Å². The van der Waals surface area contributed by atoms with Crippen LogP contribution in [0.3, 0.4) is 0 Å². The fourth-order valence-electron chi connectivity index (χ4n) is 1.48. The predicted octanol–water partition coefficient (Wildman–Crippen LogP) is 4.76. The number of pyridine rings is 1. The molecule has 0 fully saturated rings. The molecule has 0 aliphatic carbocycles. The fraction of sp³-hybridized carbons (Fsp3) is 0. The molecule has 98 valence electrons. The van der Waals surface area contributed by atoms with Crippen molar-refractivity contribution in [2.75, 3.05) is 0 Å². The molecule has 4 nitrogen and oxygen atoms in total. The monoisotopic (exact) mass is 320 g/mol. The van der Waals surface area contributed by atoms with Gasteiger partial charge in [0, 0.05) is 5.56 Å². The van der Waals surface area contributed by atoms with Crippen LogP contribution in [0.2, 0.25) is 15.1 Å². The molecule has 0 spiro atoms. The van der Waals surface area contributed by atoms with E-state index in [1.165, 1.54) is 12.1 Å². The van der Waals surface area contributed by atoms with Gasteiger partial charge in [0.25, 0.3) is 5.69 Å². The van der Waals surface area contributed by atoms with E-state index in [0.717, 1.165) is 12.3 Å². The van der Waals surface area contributed by atoms with Gasteiger partial charge in [0.15, 0.2) is 0 Å². The molecular formula is C11H4Cl3FN2O2. The van der Waals surface area contributed by atoms with E-state index in [9.17, 15) is 14.5 Å². The van der Waals surface area contributed by atoms with Crippen molar-refractivity contribution in [3.8, 4) is 11.3 Å². The van der Waals surface area contributed by atoms with E-state index in [2.05, 4.69) is 4.98 Å². The molecule has 1 aromatic carbocycles. The van der Waals surface area contributed by atoms with Gasteiger partial charge in [-0.3, -0.25) is 10.1 Å². The maximum absolute atomic E-state index is 13.0. The Morgan fingerprint density at radius 3 is 2.53 bits per heavy atom. The number of nitrogens with zero attached hydrogens (tertiary/aromatic N) is 2. The third-order valence-corrected chi connectivity index (χ3v) is 3.61. The second-order valence-electron chi connectivity index (χ2n) is 3.50. The predicted molar refractivity (Wildman–Crippen MR) is 71.3 cm³/mol. The molecule has 1 aromatic heterocycles. The molecule has 0 aliphatic rings. The van der Waals surface area contributed by atoms with E-state index in [1.807, 2.05) is 0 Å². The SMILES string of the molecule is O=[N+]([O-])c1cc(F)cnc1-c1ccc(Cl)c(Cl)c1Cl. The quantitative estimate of drug-likeness (QED) is 0.455. The van der Waals surface area contributed by atoms with Crippen LogP contribution in [0.1, 0.15) is 0 Å². The first-order chi connectivity index (χ1) is 8.91. The average molecular weight is 322 g/mol. The van der Waals surface area contributed by atoms with Crippen LogP contribution in [-0.2, 0) is 0 Å². The van der Waals surface area contributed by atoms with Crippen LogP contribution in [0.15, 0.2) is 24.4 Å². The van der Waals surface area contributed by atoms with Crippen molar-refractivity contribution in [1.29, 1.82) is 0 Å². The third kappa shape index (κ3) is 2.63. The molecule has 1 heterocycles. The number of halogens is 4. The lowest BCUT2D eigenvalue weighted by Crippen LogP contribution is -1.96. The number of nitro groups is 1. The number of hydrogen-bond acceptors (Lipinski definition) is 3. The Labute approximate surface area is 121 Å². The first-order valence-corrected chi connectivity index (χ1v) is 5.99. The summed E-state index contributed by atoms with van der Waals surface area (Å²) in [7, 11) is 0. The summed E-state index contributed by atoms with van der Waals surface area (Å²) >= 11 is 17.6. The van der Waals surface area contributed by atoms with Gasteiger partial charge in [-0.15, -0.1) is 0 Å². The van der Waals surface area contributed by atoms with Crippen molar-refractivity contribution in [2.45, 2.75) is 0 Å². The van der Waals surface area contributed by atoms with E-state index in [0.29, 0.717) is 0 Å². The Morgan fingerprint density at radius 2 is 1.89 bits per heavy atom. The molecule has 2 rings (SSSR count). The fourth-order valence-corrected chi connectivity index (χ4v) is 2.11. The van der Waals surface area contributed by atoms with Crippen LogP contribution in [0, 0.1) is 15.9 Å². The second kappa shape index (κ2) is 5.28. The molecule has 19 heavy (non-hydrogen) atoms.